The van der Waals surface area contributed by atoms with Gasteiger partial charge in [-0.05, 0) is 27.7 Å². The van der Waals surface area contributed by atoms with Crippen LogP contribution in [0.2, 0.25) is 0 Å². The van der Waals surface area contributed by atoms with Crippen LogP contribution in [-0.4, -0.2) is 36.7 Å². The van der Waals surface area contributed by atoms with Gasteiger partial charge in [-0.15, -0.1) is 13.2 Å². The van der Waals surface area contributed by atoms with E-state index in [9.17, 15) is 19.8 Å². The Morgan fingerprint density at radius 2 is 0.963 bits per heavy atom. The first kappa shape index (κ1) is 30.0. The van der Waals surface area contributed by atoms with Crippen molar-refractivity contribution in [1.29, 1.82) is 0 Å². The average molecular weight is 424 g/mol. The zero-order valence-electron chi connectivity index (χ0n) is 16.2. The predicted octanol–water partition coefficient (Wildman–Crippen LogP) is -2.27. The Bertz CT molecular complexity index is 465. The minimum Gasteiger partial charge on any atom is -0.855 e. The molecule has 10 nitrogen and oxygen atoms in total. The summed E-state index contributed by atoms with van der Waals surface area (Å²) in [4.78, 5) is 21.0. The normalized spacial score (nSPS) is 18.1. The molecule has 27 heavy (non-hydrogen) atoms. The van der Waals surface area contributed by atoms with Crippen molar-refractivity contribution < 1.29 is 70.7 Å². The summed E-state index contributed by atoms with van der Waals surface area (Å²) < 4.78 is 18.4. The number of hydrogen-bond donors (Lipinski definition) is 0. The molecule has 2 heterocycles. The van der Waals surface area contributed by atoms with Crippen molar-refractivity contribution in [3.63, 3.8) is 0 Å². The third kappa shape index (κ3) is 17.4. The predicted molar refractivity (Wildman–Crippen MR) is 79.8 cm³/mol. The van der Waals surface area contributed by atoms with Crippen LogP contribution in [0.4, 0.5) is 0 Å². The number of cyclic esters (lactones) is 2. The summed E-state index contributed by atoms with van der Waals surface area (Å²) in [5.74, 6) is -4.82. The Hall–Kier alpha value is -1.75. The SMILES string of the molecule is CC1(C)OC(=O)C=C([O-])O1.CC1(C)OC(=O)C=C([O-])O1.CC[O-].CC[O-].[Ti]. The molecule has 0 saturated heterocycles. The molecular formula is C16H24O10Ti-4. The second-order valence-electron chi connectivity index (χ2n) is 5.35. The molecule has 0 fully saturated rings. The van der Waals surface area contributed by atoms with E-state index in [-0.39, 0.29) is 34.9 Å². The van der Waals surface area contributed by atoms with Crippen molar-refractivity contribution in [3.8, 4) is 0 Å². The molecule has 0 radical (unpaired) electrons. The Balaban J connectivity index is -0.000000322. The summed E-state index contributed by atoms with van der Waals surface area (Å²) in [6, 6.07) is 0. The minimum atomic E-state index is -1.11. The molecule has 0 atom stereocenters. The van der Waals surface area contributed by atoms with Gasteiger partial charge in [0.15, 0.2) is 11.6 Å². The largest absolute Gasteiger partial charge is 0.855 e. The summed E-state index contributed by atoms with van der Waals surface area (Å²) in [6.07, 6.45) is 1.54. The maximum atomic E-state index is 10.5. The van der Waals surface area contributed by atoms with Crippen LogP contribution in [0, 0.1) is 0 Å². The fraction of sp³-hybridized carbons (Fsp3) is 0.625. The molecule has 11 heteroatoms. The van der Waals surface area contributed by atoms with Gasteiger partial charge in [0.1, 0.15) is 0 Å². The Kier molecular flexibility index (Phi) is 15.9. The van der Waals surface area contributed by atoms with Crippen LogP contribution in [0.5, 0.6) is 0 Å². The Morgan fingerprint density at radius 3 is 1.11 bits per heavy atom. The van der Waals surface area contributed by atoms with Crippen molar-refractivity contribution >= 4 is 11.9 Å². The zero-order valence-corrected chi connectivity index (χ0v) is 17.7. The van der Waals surface area contributed by atoms with Crippen molar-refractivity contribution in [1.82, 2.24) is 0 Å². The second kappa shape index (κ2) is 14.3. The summed E-state index contributed by atoms with van der Waals surface area (Å²) in [5, 5.41) is 38.9. The number of carbonyl (C=O) groups is 2. The van der Waals surface area contributed by atoms with E-state index in [1.54, 1.807) is 13.8 Å². The van der Waals surface area contributed by atoms with Gasteiger partial charge in [-0.25, -0.2) is 9.59 Å². The van der Waals surface area contributed by atoms with E-state index in [1.807, 2.05) is 0 Å². The van der Waals surface area contributed by atoms with E-state index < -0.39 is 35.4 Å². The maximum absolute atomic E-state index is 10.5. The molecule has 0 aromatic carbocycles. The molecule has 156 valence electrons. The third-order valence-electron chi connectivity index (χ3n) is 1.86. The molecule has 0 bridgehead atoms. The Morgan fingerprint density at radius 1 is 0.741 bits per heavy atom. The molecule has 0 amide bonds. The molecule has 0 aromatic rings. The van der Waals surface area contributed by atoms with Gasteiger partial charge in [0.25, 0.3) is 0 Å². The van der Waals surface area contributed by atoms with Crippen molar-refractivity contribution in [3.05, 3.63) is 24.0 Å². The van der Waals surface area contributed by atoms with E-state index in [2.05, 4.69) is 18.9 Å². The van der Waals surface area contributed by atoms with Gasteiger partial charge in [0, 0.05) is 33.9 Å². The number of hydrogen-bond acceptors (Lipinski definition) is 10. The standard InChI is InChI=1S/2C6H8O4.2C2H5O.Ti/c2*1-6(2)9-4(7)3-5(8)10-6;2*1-2-3;/h2*3,7H,1-2H3;2*2H2,1H3;/q;;2*-1;/p-2. The van der Waals surface area contributed by atoms with Crippen LogP contribution >= 0.6 is 0 Å². The first-order valence-electron chi connectivity index (χ1n) is 7.60. The molecule has 0 spiro atoms. The topological polar surface area (TPSA) is 163 Å². The summed E-state index contributed by atoms with van der Waals surface area (Å²) >= 11 is 0. The van der Waals surface area contributed by atoms with E-state index in [0.717, 1.165) is 12.2 Å². The van der Waals surface area contributed by atoms with Crippen molar-refractivity contribution in [2.45, 2.75) is 53.1 Å². The number of ether oxygens (including phenoxy) is 4. The molecule has 0 N–H and O–H groups in total. The van der Waals surface area contributed by atoms with Gasteiger partial charge in [-0.3, -0.25) is 0 Å². The maximum Gasteiger partial charge on any atom is 0.334 e. The van der Waals surface area contributed by atoms with Crippen LogP contribution in [0.3, 0.4) is 0 Å². The molecule has 0 aliphatic carbocycles. The third-order valence-corrected chi connectivity index (χ3v) is 1.86. The summed E-state index contributed by atoms with van der Waals surface area (Å²) in [5.41, 5.74) is 0. The van der Waals surface area contributed by atoms with Gasteiger partial charge in [-0.2, -0.15) is 0 Å². The van der Waals surface area contributed by atoms with Gasteiger partial charge in [0.05, 0.1) is 11.9 Å². The van der Waals surface area contributed by atoms with Crippen LogP contribution in [0.25, 0.3) is 0 Å². The number of esters is 2. The first-order chi connectivity index (χ1) is 11.8. The molecule has 0 saturated carbocycles. The van der Waals surface area contributed by atoms with Crippen molar-refractivity contribution in [2.75, 3.05) is 13.2 Å². The molecule has 2 rings (SSSR count). The van der Waals surface area contributed by atoms with Crippen LogP contribution in [-0.2, 0) is 50.3 Å². The van der Waals surface area contributed by atoms with Gasteiger partial charge < -0.3 is 39.4 Å². The Labute approximate surface area is 173 Å². The van der Waals surface area contributed by atoms with E-state index in [0.29, 0.717) is 0 Å². The molecule has 0 unspecified atom stereocenters. The first-order valence-corrected chi connectivity index (χ1v) is 7.60. The average Bonchev–Trinajstić information content (AvgIpc) is 2.34. The fourth-order valence-corrected chi connectivity index (χ4v) is 1.32. The molecule has 0 aromatic heterocycles. The van der Waals surface area contributed by atoms with Gasteiger partial charge in [-0.1, -0.05) is 13.8 Å². The smallest absolute Gasteiger partial charge is 0.334 e. The van der Waals surface area contributed by atoms with E-state index in [1.165, 1.54) is 27.7 Å². The van der Waals surface area contributed by atoms with Crippen molar-refractivity contribution in [2.24, 2.45) is 0 Å². The van der Waals surface area contributed by atoms with Gasteiger partial charge >= 0.3 is 11.9 Å². The minimum absolute atomic E-state index is 0. The number of rotatable bonds is 0. The zero-order chi connectivity index (χ0) is 21.0. The monoisotopic (exact) mass is 424 g/mol. The summed E-state index contributed by atoms with van der Waals surface area (Å²) in [6.45, 7) is 9.12. The molecule has 2 aliphatic heterocycles. The van der Waals surface area contributed by atoms with Gasteiger partial charge in [0.2, 0.25) is 0 Å². The quantitative estimate of drug-likeness (QED) is 0.306. The molecular weight excluding hydrogens is 400 g/mol. The van der Waals surface area contributed by atoms with E-state index in [4.69, 9.17) is 10.2 Å². The van der Waals surface area contributed by atoms with E-state index >= 15 is 0 Å². The van der Waals surface area contributed by atoms with Crippen LogP contribution in [0.15, 0.2) is 24.0 Å². The number of carbonyl (C=O) groups excluding carboxylic acids is 2. The second-order valence-corrected chi connectivity index (χ2v) is 5.35. The fourth-order valence-electron chi connectivity index (χ4n) is 1.32. The van der Waals surface area contributed by atoms with Crippen LogP contribution in [0.1, 0.15) is 41.5 Å². The summed E-state index contributed by atoms with van der Waals surface area (Å²) in [7, 11) is 0. The van der Waals surface area contributed by atoms with Crippen LogP contribution < -0.4 is 20.4 Å². The molecule has 2 aliphatic rings.